The maximum absolute atomic E-state index is 13.2. The molecular formula is C24H21NO3. The molecule has 0 aliphatic heterocycles. The first-order valence-corrected chi connectivity index (χ1v) is 9.31. The van der Waals surface area contributed by atoms with Crippen molar-refractivity contribution in [3.8, 4) is 11.1 Å². The fourth-order valence-electron chi connectivity index (χ4n) is 3.85. The van der Waals surface area contributed by atoms with Crippen LogP contribution in [0.3, 0.4) is 0 Å². The lowest BCUT2D eigenvalue weighted by Gasteiger charge is -2.19. The Kier molecular flexibility index (Phi) is 4.70. The van der Waals surface area contributed by atoms with E-state index in [1.165, 1.54) is 0 Å². The van der Waals surface area contributed by atoms with Gasteiger partial charge in [0.2, 0.25) is 5.91 Å². The molecule has 0 radical (unpaired) electrons. The van der Waals surface area contributed by atoms with Gasteiger partial charge in [0, 0.05) is 6.42 Å². The van der Waals surface area contributed by atoms with Crippen molar-refractivity contribution in [1.29, 1.82) is 0 Å². The molecule has 3 aromatic rings. The fraction of sp³-hybridized carbons (Fsp3) is 0.167. The van der Waals surface area contributed by atoms with Crippen molar-refractivity contribution in [3.63, 3.8) is 0 Å². The molecule has 1 atom stereocenters. The zero-order valence-electron chi connectivity index (χ0n) is 15.6. The minimum absolute atomic E-state index is 0.247. The van der Waals surface area contributed by atoms with Gasteiger partial charge >= 0.3 is 5.97 Å². The predicted molar refractivity (Wildman–Crippen MR) is 108 cm³/mol. The van der Waals surface area contributed by atoms with E-state index in [1.807, 2.05) is 79.7 Å². The van der Waals surface area contributed by atoms with E-state index in [1.54, 1.807) is 0 Å². The summed E-state index contributed by atoms with van der Waals surface area (Å²) in [5.41, 5.74) is 5.89. The summed E-state index contributed by atoms with van der Waals surface area (Å²) in [6.45, 7) is 1.98. The number of carboxylic acid groups (broad SMARTS) is 1. The monoisotopic (exact) mass is 371 g/mol. The molecule has 3 aromatic carbocycles. The Morgan fingerprint density at radius 3 is 1.96 bits per heavy atom. The zero-order chi connectivity index (χ0) is 19.7. The average Bonchev–Trinajstić information content (AvgIpc) is 3.03. The number of hydrogen-bond donors (Lipinski definition) is 2. The summed E-state index contributed by atoms with van der Waals surface area (Å²) in [6.07, 6.45) is 0.247. The molecule has 1 amide bonds. The molecule has 2 N–H and O–H groups in total. The highest BCUT2D eigenvalue weighted by atomic mass is 16.4. The number of carbonyl (C=O) groups is 2. The van der Waals surface area contributed by atoms with Crippen molar-refractivity contribution in [1.82, 2.24) is 5.32 Å². The van der Waals surface area contributed by atoms with Crippen LogP contribution in [0.4, 0.5) is 0 Å². The van der Waals surface area contributed by atoms with Crippen LogP contribution in [0.25, 0.3) is 11.1 Å². The van der Waals surface area contributed by atoms with E-state index in [2.05, 4.69) is 5.32 Å². The van der Waals surface area contributed by atoms with Gasteiger partial charge in [-0.15, -0.1) is 0 Å². The quantitative estimate of drug-likeness (QED) is 0.714. The summed E-state index contributed by atoms with van der Waals surface area (Å²) in [6, 6.07) is 22.3. The van der Waals surface area contributed by atoms with E-state index in [0.717, 1.165) is 33.4 Å². The molecule has 0 aromatic heterocycles. The predicted octanol–water partition coefficient (Wildman–Crippen LogP) is 3.92. The summed E-state index contributed by atoms with van der Waals surface area (Å²) >= 11 is 0. The van der Waals surface area contributed by atoms with Gasteiger partial charge in [-0.1, -0.05) is 78.4 Å². The second-order valence-electron chi connectivity index (χ2n) is 7.20. The van der Waals surface area contributed by atoms with Crippen LogP contribution in [0, 0.1) is 6.92 Å². The summed E-state index contributed by atoms with van der Waals surface area (Å²) in [5.74, 6) is -1.81. The molecule has 0 unspecified atom stereocenters. The van der Waals surface area contributed by atoms with Crippen molar-refractivity contribution < 1.29 is 14.7 Å². The van der Waals surface area contributed by atoms with E-state index in [4.69, 9.17) is 0 Å². The molecule has 4 nitrogen and oxygen atoms in total. The standard InChI is InChI=1S/C24H21NO3/c1-15-10-12-16(13-11-15)14-21(24(27)28)25-23(26)22-19-8-4-2-6-17(19)18-7-3-5-9-20(18)22/h2-13,21-22H,14H2,1H3,(H,25,26)(H,27,28)/t21-/m0/s1. The maximum atomic E-state index is 13.2. The number of aryl methyl sites for hydroxylation is 1. The van der Waals surface area contributed by atoms with E-state index in [9.17, 15) is 14.7 Å². The molecule has 0 saturated carbocycles. The SMILES string of the molecule is Cc1ccc(C[C@H](NC(=O)C2c3ccccc3-c3ccccc32)C(=O)O)cc1. The number of hydrogen-bond acceptors (Lipinski definition) is 2. The highest BCUT2D eigenvalue weighted by Gasteiger charge is 2.35. The Bertz CT molecular complexity index is 994. The Hall–Kier alpha value is -3.40. The van der Waals surface area contributed by atoms with Gasteiger partial charge in [0.05, 0.1) is 5.92 Å². The third-order valence-electron chi connectivity index (χ3n) is 5.27. The number of aliphatic carboxylic acids is 1. The van der Waals surface area contributed by atoms with Gasteiger partial charge in [-0.2, -0.15) is 0 Å². The molecule has 4 heteroatoms. The third-order valence-corrected chi connectivity index (χ3v) is 5.27. The number of amides is 1. The minimum Gasteiger partial charge on any atom is -0.480 e. The van der Waals surface area contributed by atoms with Gasteiger partial charge in [-0.25, -0.2) is 4.79 Å². The molecule has 1 aliphatic rings. The average molecular weight is 371 g/mol. The van der Waals surface area contributed by atoms with Crippen LogP contribution in [0.15, 0.2) is 72.8 Å². The van der Waals surface area contributed by atoms with E-state index >= 15 is 0 Å². The summed E-state index contributed by atoms with van der Waals surface area (Å²) < 4.78 is 0. The number of benzene rings is 3. The van der Waals surface area contributed by atoms with Crippen molar-refractivity contribution in [2.24, 2.45) is 0 Å². The van der Waals surface area contributed by atoms with Crippen LogP contribution in [-0.2, 0) is 16.0 Å². The van der Waals surface area contributed by atoms with Crippen LogP contribution in [0.2, 0.25) is 0 Å². The summed E-state index contributed by atoms with van der Waals surface area (Å²) in [5, 5.41) is 12.4. The van der Waals surface area contributed by atoms with Crippen molar-refractivity contribution in [3.05, 3.63) is 95.1 Å². The van der Waals surface area contributed by atoms with Crippen LogP contribution in [0.5, 0.6) is 0 Å². The number of carboxylic acids is 1. The zero-order valence-corrected chi connectivity index (χ0v) is 15.6. The molecule has 0 spiro atoms. The Balaban J connectivity index is 1.61. The molecule has 0 fully saturated rings. The van der Waals surface area contributed by atoms with Crippen molar-refractivity contribution >= 4 is 11.9 Å². The second kappa shape index (κ2) is 7.31. The van der Waals surface area contributed by atoms with Crippen molar-refractivity contribution in [2.75, 3.05) is 0 Å². The first-order chi connectivity index (χ1) is 13.5. The first-order valence-electron chi connectivity index (χ1n) is 9.31. The van der Waals surface area contributed by atoms with Gasteiger partial charge < -0.3 is 10.4 Å². The number of nitrogens with one attached hydrogen (secondary N) is 1. The summed E-state index contributed by atoms with van der Waals surface area (Å²) in [7, 11) is 0. The highest BCUT2D eigenvalue weighted by molar-refractivity contribution is 5.97. The van der Waals surface area contributed by atoms with E-state index in [-0.39, 0.29) is 12.3 Å². The minimum atomic E-state index is -1.03. The van der Waals surface area contributed by atoms with Crippen LogP contribution in [0.1, 0.15) is 28.2 Å². The normalized spacial score (nSPS) is 13.5. The number of fused-ring (bicyclic) bond motifs is 3. The molecule has 140 valence electrons. The molecule has 0 saturated heterocycles. The lowest BCUT2D eigenvalue weighted by Crippen LogP contribution is -2.44. The maximum Gasteiger partial charge on any atom is 0.326 e. The highest BCUT2D eigenvalue weighted by Crippen LogP contribution is 2.44. The van der Waals surface area contributed by atoms with Crippen LogP contribution < -0.4 is 5.32 Å². The summed E-state index contributed by atoms with van der Waals surface area (Å²) in [4.78, 5) is 25.0. The molecule has 0 bridgehead atoms. The fourth-order valence-corrected chi connectivity index (χ4v) is 3.85. The lowest BCUT2D eigenvalue weighted by atomic mass is 9.95. The van der Waals surface area contributed by atoms with Crippen LogP contribution in [-0.4, -0.2) is 23.0 Å². The van der Waals surface area contributed by atoms with Gasteiger partial charge in [0.15, 0.2) is 0 Å². The number of carbonyl (C=O) groups excluding carboxylic acids is 1. The first kappa shape index (κ1) is 18.0. The molecule has 1 aliphatic carbocycles. The molecule has 4 rings (SSSR count). The lowest BCUT2D eigenvalue weighted by molar-refractivity contribution is -0.141. The third kappa shape index (κ3) is 3.29. The Morgan fingerprint density at radius 2 is 1.43 bits per heavy atom. The van der Waals surface area contributed by atoms with Gasteiger partial charge in [-0.3, -0.25) is 4.79 Å². The van der Waals surface area contributed by atoms with E-state index < -0.39 is 17.9 Å². The van der Waals surface area contributed by atoms with Gasteiger partial charge in [0.1, 0.15) is 6.04 Å². The van der Waals surface area contributed by atoms with Crippen molar-refractivity contribution in [2.45, 2.75) is 25.3 Å². The van der Waals surface area contributed by atoms with Gasteiger partial charge in [-0.05, 0) is 34.7 Å². The van der Waals surface area contributed by atoms with Crippen LogP contribution >= 0.6 is 0 Å². The Morgan fingerprint density at radius 1 is 0.893 bits per heavy atom. The van der Waals surface area contributed by atoms with E-state index in [0.29, 0.717) is 0 Å². The largest absolute Gasteiger partial charge is 0.480 e. The Labute approximate surface area is 163 Å². The topological polar surface area (TPSA) is 66.4 Å². The number of rotatable bonds is 5. The smallest absolute Gasteiger partial charge is 0.326 e. The molecular weight excluding hydrogens is 350 g/mol. The molecule has 0 heterocycles. The molecule has 28 heavy (non-hydrogen) atoms. The second-order valence-corrected chi connectivity index (χ2v) is 7.20. The van der Waals surface area contributed by atoms with Gasteiger partial charge in [0.25, 0.3) is 0 Å².